The van der Waals surface area contributed by atoms with Gasteiger partial charge in [0.1, 0.15) is 11.5 Å². The molecule has 0 bridgehead atoms. The fourth-order valence-corrected chi connectivity index (χ4v) is 2.84. The van der Waals surface area contributed by atoms with Crippen LogP contribution in [0.15, 0.2) is 42.5 Å². The number of H-pyrrole nitrogens is 1. The number of amides is 2. The Labute approximate surface area is 152 Å². The number of nitrogens with zero attached hydrogens (tertiary/aromatic N) is 1. The summed E-state index contributed by atoms with van der Waals surface area (Å²) in [6.07, 6.45) is 1.93. The summed E-state index contributed by atoms with van der Waals surface area (Å²) in [6.45, 7) is 0. The highest BCUT2D eigenvalue weighted by Gasteiger charge is 2.31. The van der Waals surface area contributed by atoms with Gasteiger partial charge in [0.15, 0.2) is 11.6 Å². The second kappa shape index (κ2) is 6.79. The summed E-state index contributed by atoms with van der Waals surface area (Å²) in [5.74, 6) is -2.23. The number of carbonyl (C=O) groups excluding carboxylic acids is 1. The van der Waals surface area contributed by atoms with Crippen LogP contribution in [0.2, 0.25) is 0 Å². The van der Waals surface area contributed by atoms with E-state index >= 15 is 0 Å². The van der Waals surface area contributed by atoms with Gasteiger partial charge in [0.25, 0.3) is 0 Å². The van der Waals surface area contributed by atoms with Crippen molar-refractivity contribution in [2.45, 2.75) is 18.8 Å². The van der Waals surface area contributed by atoms with Gasteiger partial charge in [0.05, 0.1) is 11.4 Å². The van der Waals surface area contributed by atoms with Crippen molar-refractivity contribution < 1.29 is 18.0 Å². The molecular weight excluding hydrogens is 357 g/mol. The first kappa shape index (κ1) is 17.1. The molecule has 1 aliphatic rings. The summed E-state index contributed by atoms with van der Waals surface area (Å²) in [4.78, 5) is 12.4. The molecule has 4 rings (SSSR count). The molecule has 27 heavy (non-hydrogen) atoms. The molecule has 2 aromatic carbocycles. The van der Waals surface area contributed by atoms with E-state index in [2.05, 4.69) is 20.8 Å². The summed E-state index contributed by atoms with van der Waals surface area (Å²) >= 11 is 0. The van der Waals surface area contributed by atoms with Crippen LogP contribution in [0.3, 0.4) is 0 Å². The van der Waals surface area contributed by atoms with Crippen LogP contribution < -0.4 is 10.6 Å². The number of halogens is 3. The van der Waals surface area contributed by atoms with E-state index in [1.165, 1.54) is 18.2 Å². The van der Waals surface area contributed by atoms with Gasteiger partial charge in [0.2, 0.25) is 0 Å². The van der Waals surface area contributed by atoms with Crippen molar-refractivity contribution in [3.63, 3.8) is 0 Å². The third-order valence-corrected chi connectivity index (χ3v) is 4.29. The van der Waals surface area contributed by atoms with Gasteiger partial charge in [-0.1, -0.05) is 12.1 Å². The van der Waals surface area contributed by atoms with E-state index in [0.29, 0.717) is 16.9 Å². The third kappa shape index (κ3) is 3.64. The fourth-order valence-electron chi connectivity index (χ4n) is 2.84. The first-order valence-corrected chi connectivity index (χ1v) is 8.38. The Hall–Kier alpha value is -3.29. The van der Waals surface area contributed by atoms with Crippen molar-refractivity contribution in [2.75, 3.05) is 10.6 Å². The molecule has 0 spiro atoms. The molecule has 1 aliphatic carbocycles. The first-order chi connectivity index (χ1) is 13.0. The van der Waals surface area contributed by atoms with E-state index in [0.717, 1.165) is 30.7 Å². The monoisotopic (exact) mass is 372 g/mol. The lowest BCUT2D eigenvalue weighted by Gasteiger charge is -2.10. The number of hydrogen-bond donors (Lipinski definition) is 3. The van der Waals surface area contributed by atoms with Crippen LogP contribution in [0.5, 0.6) is 0 Å². The number of rotatable bonds is 4. The molecule has 0 unspecified atom stereocenters. The Morgan fingerprint density at radius 3 is 2.56 bits per heavy atom. The van der Waals surface area contributed by atoms with Gasteiger partial charge in [-0.25, -0.2) is 18.0 Å². The van der Waals surface area contributed by atoms with Gasteiger partial charge >= 0.3 is 6.03 Å². The van der Waals surface area contributed by atoms with Crippen LogP contribution in [0.25, 0.3) is 11.3 Å². The molecule has 2 amide bonds. The number of benzene rings is 2. The van der Waals surface area contributed by atoms with Gasteiger partial charge in [-0.15, -0.1) is 0 Å². The predicted molar refractivity (Wildman–Crippen MR) is 95.0 cm³/mol. The lowest BCUT2D eigenvalue weighted by atomic mass is 10.1. The molecule has 1 aromatic heterocycles. The molecule has 0 radical (unpaired) electrons. The van der Waals surface area contributed by atoms with Crippen molar-refractivity contribution in [1.29, 1.82) is 0 Å². The minimum Gasteiger partial charge on any atom is -0.308 e. The van der Waals surface area contributed by atoms with Gasteiger partial charge in [-0.05, 0) is 37.1 Å². The summed E-state index contributed by atoms with van der Waals surface area (Å²) in [7, 11) is 0. The maximum atomic E-state index is 13.6. The van der Waals surface area contributed by atoms with Gasteiger partial charge in [0, 0.05) is 23.2 Å². The molecule has 0 saturated heterocycles. The van der Waals surface area contributed by atoms with Crippen molar-refractivity contribution >= 4 is 17.4 Å². The number of anilines is 2. The normalized spacial score (nSPS) is 13.4. The zero-order chi connectivity index (χ0) is 19.0. The van der Waals surface area contributed by atoms with Gasteiger partial charge in [-0.2, -0.15) is 5.10 Å². The van der Waals surface area contributed by atoms with Crippen molar-refractivity contribution in [1.82, 2.24) is 10.2 Å². The molecule has 3 N–H and O–H groups in total. The van der Waals surface area contributed by atoms with Crippen molar-refractivity contribution in [3.8, 4) is 11.3 Å². The standard InChI is InChI=1S/C19H15F3N4O/c20-12-3-1-2-11(8-12)17-18(16(25-26-17)10-4-5-10)24-19(27)23-13-6-7-14(21)15(22)9-13/h1-3,6-10H,4-5H2,(H,25,26)(H2,23,24,27). The summed E-state index contributed by atoms with van der Waals surface area (Å²) in [5.41, 5.74) is 2.24. The van der Waals surface area contributed by atoms with Gasteiger partial charge < -0.3 is 10.6 Å². The van der Waals surface area contributed by atoms with E-state index < -0.39 is 23.5 Å². The lowest BCUT2D eigenvalue weighted by molar-refractivity contribution is 0.262. The van der Waals surface area contributed by atoms with Gasteiger partial charge in [-0.3, -0.25) is 5.10 Å². The highest BCUT2D eigenvalue weighted by Crippen LogP contribution is 2.45. The van der Waals surface area contributed by atoms with Crippen LogP contribution in [-0.4, -0.2) is 16.2 Å². The van der Waals surface area contributed by atoms with Crippen LogP contribution in [0.1, 0.15) is 24.5 Å². The van der Waals surface area contributed by atoms with Crippen molar-refractivity contribution in [2.24, 2.45) is 0 Å². The topological polar surface area (TPSA) is 69.8 Å². The quantitative estimate of drug-likeness (QED) is 0.602. The first-order valence-electron chi connectivity index (χ1n) is 8.38. The van der Waals surface area contributed by atoms with E-state index in [-0.39, 0.29) is 11.6 Å². The molecule has 5 nitrogen and oxygen atoms in total. The van der Waals surface area contributed by atoms with Crippen LogP contribution in [0, 0.1) is 17.5 Å². The SMILES string of the molecule is O=C(Nc1ccc(F)c(F)c1)Nc1c(-c2cccc(F)c2)n[nH]c1C1CC1. The van der Waals surface area contributed by atoms with Crippen LogP contribution >= 0.6 is 0 Å². The van der Waals surface area contributed by atoms with E-state index in [1.54, 1.807) is 12.1 Å². The van der Waals surface area contributed by atoms with Crippen molar-refractivity contribution in [3.05, 3.63) is 65.6 Å². The zero-order valence-electron chi connectivity index (χ0n) is 14.0. The number of hydrogen-bond acceptors (Lipinski definition) is 2. The van der Waals surface area contributed by atoms with Crippen LogP contribution in [-0.2, 0) is 0 Å². The highest BCUT2D eigenvalue weighted by molar-refractivity contribution is 6.02. The molecule has 0 atom stereocenters. The number of carbonyl (C=O) groups is 1. The Kier molecular flexibility index (Phi) is 4.31. The molecule has 1 saturated carbocycles. The third-order valence-electron chi connectivity index (χ3n) is 4.29. The molecule has 138 valence electrons. The zero-order valence-corrected chi connectivity index (χ0v) is 14.0. The smallest absolute Gasteiger partial charge is 0.308 e. The van der Waals surface area contributed by atoms with Crippen LogP contribution in [0.4, 0.5) is 29.3 Å². The number of aromatic amines is 1. The lowest BCUT2D eigenvalue weighted by Crippen LogP contribution is -2.20. The van der Waals surface area contributed by atoms with E-state index in [4.69, 9.17) is 0 Å². The summed E-state index contributed by atoms with van der Waals surface area (Å²) in [6, 6.07) is 8.32. The maximum absolute atomic E-state index is 13.6. The number of aromatic nitrogens is 2. The second-order valence-corrected chi connectivity index (χ2v) is 6.35. The fraction of sp³-hybridized carbons (Fsp3) is 0.158. The van der Waals surface area contributed by atoms with E-state index in [1.807, 2.05) is 0 Å². The Morgan fingerprint density at radius 1 is 1.04 bits per heavy atom. The second-order valence-electron chi connectivity index (χ2n) is 6.35. The molecule has 1 fully saturated rings. The predicted octanol–water partition coefficient (Wildman–Crippen LogP) is 5.02. The largest absolute Gasteiger partial charge is 0.323 e. The molecular formula is C19H15F3N4O. The minimum atomic E-state index is -1.06. The molecule has 3 aromatic rings. The Morgan fingerprint density at radius 2 is 1.85 bits per heavy atom. The molecule has 0 aliphatic heterocycles. The summed E-state index contributed by atoms with van der Waals surface area (Å²) in [5, 5.41) is 12.3. The molecule has 8 heteroatoms. The Balaban J connectivity index is 1.61. The number of urea groups is 1. The Bertz CT molecular complexity index is 1010. The average molecular weight is 372 g/mol. The summed E-state index contributed by atoms with van der Waals surface area (Å²) < 4.78 is 39.9. The molecule has 1 heterocycles. The minimum absolute atomic E-state index is 0.107. The number of nitrogens with one attached hydrogen (secondary N) is 3. The highest BCUT2D eigenvalue weighted by atomic mass is 19.2. The van der Waals surface area contributed by atoms with E-state index in [9.17, 15) is 18.0 Å². The maximum Gasteiger partial charge on any atom is 0.323 e. The average Bonchev–Trinajstić information content (AvgIpc) is 3.39.